The first-order chi connectivity index (χ1) is 16.0. The van der Waals surface area contributed by atoms with Crippen molar-refractivity contribution in [3.05, 3.63) is 71.1 Å². The van der Waals surface area contributed by atoms with Crippen molar-refractivity contribution in [2.45, 2.75) is 45.8 Å². The van der Waals surface area contributed by atoms with Crippen molar-refractivity contribution >= 4 is 17.7 Å². The van der Waals surface area contributed by atoms with E-state index >= 15 is 0 Å². The minimum atomic E-state index is -0.279. The molecule has 0 saturated carbocycles. The summed E-state index contributed by atoms with van der Waals surface area (Å²) < 4.78 is 3.62. The third kappa shape index (κ3) is 3.63. The third-order valence-electron chi connectivity index (χ3n) is 6.49. The van der Waals surface area contributed by atoms with Crippen LogP contribution in [0.15, 0.2) is 42.7 Å². The maximum absolute atomic E-state index is 13.0. The van der Waals surface area contributed by atoms with Crippen LogP contribution in [0.3, 0.4) is 0 Å². The van der Waals surface area contributed by atoms with Gasteiger partial charge < -0.3 is 9.47 Å². The largest absolute Gasteiger partial charge is 0.337 e. The van der Waals surface area contributed by atoms with Crippen LogP contribution in [0.4, 0.5) is 0 Å². The maximum Gasteiger partial charge on any atom is 0.272 e. The zero-order valence-corrected chi connectivity index (χ0v) is 18.8. The predicted molar refractivity (Wildman–Crippen MR) is 120 cm³/mol. The molecule has 2 aliphatic heterocycles. The van der Waals surface area contributed by atoms with E-state index < -0.39 is 0 Å². The van der Waals surface area contributed by atoms with E-state index in [4.69, 9.17) is 0 Å². The molecule has 5 rings (SSSR count). The summed E-state index contributed by atoms with van der Waals surface area (Å²) in [6.45, 7) is 5.90. The van der Waals surface area contributed by atoms with Crippen LogP contribution >= 0.6 is 0 Å². The van der Waals surface area contributed by atoms with Crippen molar-refractivity contribution in [1.82, 2.24) is 29.1 Å². The molecule has 3 amide bonds. The number of amides is 3. The molecule has 0 N–H and O–H groups in total. The smallest absolute Gasteiger partial charge is 0.272 e. The van der Waals surface area contributed by atoms with Crippen molar-refractivity contribution in [2.24, 2.45) is 0 Å². The van der Waals surface area contributed by atoms with E-state index in [1.807, 2.05) is 29.4 Å². The molecule has 0 radical (unpaired) electrons. The fourth-order valence-electron chi connectivity index (χ4n) is 4.78. The monoisotopic (exact) mass is 446 g/mol. The van der Waals surface area contributed by atoms with Gasteiger partial charge in [-0.15, -0.1) is 0 Å². The van der Waals surface area contributed by atoms with Crippen LogP contribution in [-0.2, 0) is 13.2 Å². The second-order valence-electron chi connectivity index (χ2n) is 8.53. The minimum Gasteiger partial charge on any atom is -0.337 e. The number of hydrogen-bond donors (Lipinski definition) is 0. The van der Waals surface area contributed by atoms with Crippen LogP contribution in [0, 0.1) is 6.92 Å². The molecule has 1 aromatic carbocycles. The average molecular weight is 447 g/mol. The molecule has 0 bridgehead atoms. The summed E-state index contributed by atoms with van der Waals surface area (Å²) in [7, 11) is 0. The fourth-order valence-corrected chi connectivity index (χ4v) is 4.78. The molecule has 3 aromatic rings. The Labute approximate surface area is 191 Å². The van der Waals surface area contributed by atoms with Crippen molar-refractivity contribution in [3.8, 4) is 0 Å². The van der Waals surface area contributed by atoms with Crippen LogP contribution in [0.5, 0.6) is 0 Å². The molecule has 33 heavy (non-hydrogen) atoms. The van der Waals surface area contributed by atoms with E-state index in [2.05, 4.69) is 10.1 Å². The van der Waals surface area contributed by atoms with Gasteiger partial charge in [-0.25, -0.2) is 4.98 Å². The lowest BCUT2D eigenvalue weighted by Gasteiger charge is -2.32. The number of hydrogen-bond acceptors (Lipinski definition) is 5. The normalized spacial score (nSPS) is 16.5. The van der Waals surface area contributed by atoms with Crippen LogP contribution in [0.1, 0.15) is 68.4 Å². The highest BCUT2D eigenvalue weighted by Crippen LogP contribution is 2.29. The Morgan fingerprint density at radius 2 is 1.76 bits per heavy atom. The third-order valence-corrected chi connectivity index (χ3v) is 6.49. The first-order valence-corrected chi connectivity index (χ1v) is 11.3. The Morgan fingerprint density at radius 3 is 2.39 bits per heavy atom. The summed E-state index contributed by atoms with van der Waals surface area (Å²) in [6, 6.07) is 8.74. The number of piperidine rings is 1. The second kappa shape index (κ2) is 8.31. The minimum absolute atomic E-state index is 0.00488. The highest BCUT2D eigenvalue weighted by atomic mass is 16.2. The predicted octanol–water partition coefficient (Wildman–Crippen LogP) is 2.68. The van der Waals surface area contributed by atoms with E-state index in [9.17, 15) is 14.4 Å². The number of aryl methyl sites for hydroxylation is 2. The van der Waals surface area contributed by atoms with Gasteiger partial charge in [0.2, 0.25) is 0 Å². The van der Waals surface area contributed by atoms with Crippen molar-refractivity contribution in [1.29, 1.82) is 0 Å². The first kappa shape index (κ1) is 21.1. The Kier molecular flexibility index (Phi) is 5.32. The zero-order valence-electron chi connectivity index (χ0n) is 18.8. The molecular weight excluding hydrogens is 420 g/mol. The van der Waals surface area contributed by atoms with E-state index in [1.54, 1.807) is 41.3 Å². The van der Waals surface area contributed by atoms with Gasteiger partial charge in [0.05, 0.1) is 16.8 Å². The topological polar surface area (TPSA) is 93.3 Å². The van der Waals surface area contributed by atoms with E-state index in [-0.39, 0.29) is 30.3 Å². The molecule has 1 saturated heterocycles. The van der Waals surface area contributed by atoms with Gasteiger partial charge >= 0.3 is 0 Å². The summed E-state index contributed by atoms with van der Waals surface area (Å²) in [5.74, 6) is 0.437. The standard InChI is InChI=1S/C24H26N6O3/c1-3-30-20(14-16(2)26-30)24(33)27-11-8-17(9-12-27)21-25-10-13-28(21)15-29-22(31)18-6-4-5-7-19(18)23(29)32/h4-7,10,13-14,17H,3,8-9,11-12,15H2,1-2H3. The molecule has 9 heteroatoms. The SMILES string of the molecule is CCn1nc(C)cc1C(=O)N1CCC(c2nccn2CN2C(=O)c3ccccc3C2=O)CC1. The quantitative estimate of drug-likeness (QED) is 0.562. The Bertz CT molecular complexity index is 1200. The van der Waals surface area contributed by atoms with Crippen molar-refractivity contribution in [3.63, 3.8) is 0 Å². The van der Waals surface area contributed by atoms with Gasteiger partial charge in [-0.2, -0.15) is 5.10 Å². The van der Waals surface area contributed by atoms with Gasteiger partial charge in [-0.3, -0.25) is 24.0 Å². The van der Waals surface area contributed by atoms with Gasteiger partial charge in [0.25, 0.3) is 17.7 Å². The van der Waals surface area contributed by atoms with Gasteiger partial charge in [-0.05, 0) is 44.9 Å². The Morgan fingerprint density at radius 1 is 1.09 bits per heavy atom. The molecule has 9 nitrogen and oxygen atoms in total. The van der Waals surface area contributed by atoms with Crippen LogP contribution in [0.25, 0.3) is 0 Å². The maximum atomic E-state index is 13.0. The molecule has 2 aliphatic rings. The summed E-state index contributed by atoms with van der Waals surface area (Å²) in [5, 5.41) is 4.38. The fraction of sp³-hybridized carbons (Fsp3) is 0.375. The summed E-state index contributed by atoms with van der Waals surface area (Å²) in [4.78, 5) is 46.2. The van der Waals surface area contributed by atoms with Gasteiger partial charge in [-0.1, -0.05) is 12.1 Å². The van der Waals surface area contributed by atoms with E-state index in [0.29, 0.717) is 36.5 Å². The highest BCUT2D eigenvalue weighted by Gasteiger charge is 2.36. The number of imidazole rings is 1. The summed E-state index contributed by atoms with van der Waals surface area (Å²) in [5.41, 5.74) is 2.35. The molecule has 170 valence electrons. The van der Waals surface area contributed by atoms with Gasteiger partial charge in [0, 0.05) is 37.9 Å². The second-order valence-corrected chi connectivity index (χ2v) is 8.53. The number of benzene rings is 1. The Hall–Kier alpha value is -3.75. The summed E-state index contributed by atoms with van der Waals surface area (Å²) >= 11 is 0. The number of carbonyl (C=O) groups excluding carboxylic acids is 3. The van der Waals surface area contributed by atoms with Gasteiger partial charge in [0.1, 0.15) is 18.2 Å². The number of fused-ring (bicyclic) bond motifs is 1. The zero-order chi connectivity index (χ0) is 23.1. The van der Waals surface area contributed by atoms with Crippen LogP contribution in [0.2, 0.25) is 0 Å². The molecule has 0 aliphatic carbocycles. The number of nitrogens with zero attached hydrogens (tertiary/aromatic N) is 6. The van der Waals surface area contributed by atoms with Crippen LogP contribution < -0.4 is 0 Å². The molecule has 4 heterocycles. The highest BCUT2D eigenvalue weighted by molar-refractivity contribution is 6.21. The summed E-state index contributed by atoms with van der Waals surface area (Å²) in [6.07, 6.45) is 5.04. The molecule has 0 atom stereocenters. The lowest BCUT2D eigenvalue weighted by Crippen LogP contribution is -2.39. The van der Waals surface area contributed by atoms with Gasteiger partial charge in [0.15, 0.2) is 0 Å². The number of likely N-dealkylation sites (tertiary alicyclic amines) is 1. The molecule has 0 unspecified atom stereocenters. The number of aromatic nitrogens is 4. The molecular formula is C24H26N6O3. The van der Waals surface area contributed by atoms with Crippen molar-refractivity contribution < 1.29 is 14.4 Å². The number of rotatable bonds is 5. The molecule has 2 aromatic heterocycles. The van der Waals surface area contributed by atoms with Crippen molar-refractivity contribution in [2.75, 3.05) is 13.1 Å². The number of imide groups is 1. The lowest BCUT2D eigenvalue weighted by atomic mass is 9.95. The van der Waals surface area contributed by atoms with E-state index in [0.717, 1.165) is 24.4 Å². The molecule has 1 fully saturated rings. The van der Waals surface area contributed by atoms with E-state index in [1.165, 1.54) is 4.90 Å². The lowest BCUT2D eigenvalue weighted by molar-refractivity contribution is 0.0596. The average Bonchev–Trinajstić information content (AvgIpc) is 3.52. The molecule has 0 spiro atoms. The van der Waals surface area contributed by atoms with Crippen LogP contribution in [-0.4, -0.2) is 59.9 Å². The Balaban J connectivity index is 1.27. The first-order valence-electron chi connectivity index (χ1n) is 11.3. The number of carbonyl (C=O) groups is 3.